The topological polar surface area (TPSA) is 191 Å². The summed E-state index contributed by atoms with van der Waals surface area (Å²) in [7, 11) is 0. The molecule has 1 aromatic carbocycles. The van der Waals surface area contributed by atoms with Gasteiger partial charge in [-0.2, -0.15) is 0 Å². The summed E-state index contributed by atoms with van der Waals surface area (Å²) in [4.78, 5) is 47.7. The molecule has 0 aliphatic heterocycles. The van der Waals surface area contributed by atoms with Gasteiger partial charge in [-0.3, -0.25) is 14.4 Å². The van der Waals surface area contributed by atoms with Crippen LogP contribution in [-0.2, 0) is 25.6 Å². The maximum absolute atomic E-state index is 12.5. The molecule has 1 aromatic rings. The summed E-state index contributed by atoms with van der Waals surface area (Å²) < 4.78 is 0. The lowest BCUT2D eigenvalue weighted by Gasteiger charge is -2.23. The molecule has 0 bridgehead atoms. The van der Waals surface area contributed by atoms with Gasteiger partial charge in [0, 0.05) is 6.42 Å². The number of nitrogens with two attached hydrogens (primary N) is 1. The lowest BCUT2D eigenvalue weighted by molar-refractivity contribution is -0.143. The Labute approximate surface area is 167 Å². The van der Waals surface area contributed by atoms with Gasteiger partial charge >= 0.3 is 5.97 Å². The molecule has 0 aliphatic rings. The number of aliphatic hydroxyl groups excluding tert-OH is 2. The average Bonchev–Trinajstić information content (AvgIpc) is 2.70. The normalized spacial score (nSPS) is 14.8. The number of hydrogen-bond donors (Lipinski definition) is 7. The Morgan fingerprint density at radius 1 is 0.897 bits per heavy atom. The van der Waals surface area contributed by atoms with Gasteiger partial charge in [0.15, 0.2) is 0 Å². The molecule has 0 aliphatic carbocycles. The van der Waals surface area contributed by atoms with Crippen LogP contribution in [0.4, 0.5) is 0 Å². The highest BCUT2D eigenvalue weighted by atomic mass is 16.4. The van der Waals surface area contributed by atoms with Gasteiger partial charge < -0.3 is 37.0 Å². The van der Waals surface area contributed by atoms with Gasteiger partial charge in [0.1, 0.15) is 24.2 Å². The van der Waals surface area contributed by atoms with E-state index >= 15 is 0 Å². The third kappa shape index (κ3) is 7.86. The number of aliphatic carboxylic acids is 1. The van der Waals surface area contributed by atoms with Crippen molar-refractivity contribution in [2.24, 2.45) is 5.73 Å². The van der Waals surface area contributed by atoms with Crippen molar-refractivity contribution < 1.29 is 34.5 Å². The summed E-state index contributed by atoms with van der Waals surface area (Å²) in [5.41, 5.74) is 6.07. The highest BCUT2D eigenvalue weighted by molar-refractivity contribution is 5.94. The minimum Gasteiger partial charge on any atom is -0.480 e. The second-order valence-corrected chi connectivity index (χ2v) is 6.35. The molecule has 3 amide bonds. The third-order valence-electron chi connectivity index (χ3n) is 4.00. The maximum Gasteiger partial charge on any atom is 0.328 e. The number of carboxylic acids is 1. The fraction of sp³-hybridized carbons (Fsp3) is 0.444. The monoisotopic (exact) mass is 410 g/mol. The molecule has 11 nitrogen and oxygen atoms in total. The summed E-state index contributed by atoms with van der Waals surface area (Å²) in [6.45, 7) is -0.0574. The molecule has 0 fully saturated rings. The van der Waals surface area contributed by atoms with E-state index in [1.54, 1.807) is 30.3 Å². The van der Waals surface area contributed by atoms with E-state index in [9.17, 15) is 19.2 Å². The maximum atomic E-state index is 12.5. The van der Waals surface area contributed by atoms with Crippen LogP contribution in [-0.4, -0.2) is 76.4 Å². The highest BCUT2D eigenvalue weighted by Crippen LogP contribution is 2.05. The molecule has 8 N–H and O–H groups in total. The summed E-state index contributed by atoms with van der Waals surface area (Å²) in [5, 5.41) is 33.9. The van der Waals surface area contributed by atoms with E-state index in [0.717, 1.165) is 0 Å². The van der Waals surface area contributed by atoms with Crippen LogP contribution in [0.15, 0.2) is 30.3 Å². The minimum atomic E-state index is -1.53. The number of carbonyl (C=O) groups excluding carboxylic acids is 3. The van der Waals surface area contributed by atoms with E-state index < -0.39 is 61.1 Å². The molecule has 29 heavy (non-hydrogen) atoms. The summed E-state index contributed by atoms with van der Waals surface area (Å²) in [5.74, 6) is -3.70. The lowest BCUT2D eigenvalue weighted by atomic mass is 10.0. The van der Waals surface area contributed by atoms with Crippen LogP contribution in [0.25, 0.3) is 0 Å². The molecule has 11 heteroatoms. The number of benzene rings is 1. The Morgan fingerprint density at radius 2 is 1.48 bits per heavy atom. The zero-order valence-electron chi connectivity index (χ0n) is 15.9. The van der Waals surface area contributed by atoms with Crippen molar-refractivity contribution in [2.75, 3.05) is 13.2 Å². The van der Waals surface area contributed by atoms with Gasteiger partial charge in [-0.1, -0.05) is 30.3 Å². The van der Waals surface area contributed by atoms with Crippen LogP contribution in [0.2, 0.25) is 0 Å². The van der Waals surface area contributed by atoms with Gasteiger partial charge in [0.05, 0.1) is 13.2 Å². The van der Waals surface area contributed by atoms with Crippen molar-refractivity contribution in [1.82, 2.24) is 16.0 Å². The number of hydrogen-bond acceptors (Lipinski definition) is 7. The van der Waals surface area contributed by atoms with Crippen molar-refractivity contribution in [3.8, 4) is 0 Å². The van der Waals surface area contributed by atoms with Crippen LogP contribution < -0.4 is 21.7 Å². The summed E-state index contributed by atoms with van der Waals surface area (Å²) >= 11 is 0. The fourth-order valence-corrected chi connectivity index (χ4v) is 2.28. The van der Waals surface area contributed by atoms with Crippen LogP contribution in [0.1, 0.15) is 12.5 Å². The zero-order chi connectivity index (χ0) is 22.0. The van der Waals surface area contributed by atoms with Crippen molar-refractivity contribution >= 4 is 23.7 Å². The fourth-order valence-electron chi connectivity index (χ4n) is 2.28. The number of carbonyl (C=O) groups is 4. The van der Waals surface area contributed by atoms with Crippen molar-refractivity contribution in [3.63, 3.8) is 0 Å². The molecule has 0 saturated heterocycles. The van der Waals surface area contributed by atoms with Crippen LogP contribution in [0.5, 0.6) is 0 Å². The molecule has 0 unspecified atom stereocenters. The van der Waals surface area contributed by atoms with Gasteiger partial charge in [0.25, 0.3) is 0 Å². The van der Waals surface area contributed by atoms with Gasteiger partial charge in [0.2, 0.25) is 17.7 Å². The molecular formula is C18H26N4O7. The van der Waals surface area contributed by atoms with Crippen molar-refractivity contribution in [2.45, 2.75) is 37.5 Å². The molecule has 0 heterocycles. The first-order valence-electron chi connectivity index (χ1n) is 8.84. The number of nitrogens with one attached hydrogen (secondary N) is 3. The largest absolute Gasteiger partial charge is 0.480 e. The number of carboxylic acid groups (broad SMARTS) is 1. The number of amides is 3. The van der Waals surface area contributed by atoms with Crippen LogP contribution >= 0.6 is 0 Å². The van der Waals surface area contributed by atoms with Crippen LogP contribution in [0, 0.1) is 0 Å². The Hall–Kier alpha value is -3.02. The molecule has 0 spiro atoms. The molecule has 160 valence electrons. The smallest absolute Gasteiger partial charge is 0.328 e. The van der Waals surface area contributed by atoms with Gasteiger partial charge in [-0.05, 0) is 12.5 Å². The lowest BCUT2D eigenvalue weighted by Crippen LogP contribution is -2.57. The summed E-state index contributed by atoms with van der Waals surface area (Å²) in [6.07, 6.45) is 0.0486. The SMILES string of the molecule is C[C@H](NC(=O)[C@@H](N)CO)C(=O)N[C@H](Cc1ccccc1)C(=O)N[C@H](CO)C(=O)O. The van der Waals surface area contributed by atoms with Gasteiger partial charge in [-0.15, -0.1) is 0 Å². The molecule has 0 radical (unpaired) electrons. The van der Waals surface area contributed by atoms with E-state index in [-0.39, 0.29) is 6.42 Å². The standard InChI is InChI=1S/C18H26N4O7/c1-10(20-16(26)12(19)8-23)15(25)21-13(7-11-5-3-2-4-6-11)17(27)22-14(9-24)18(28)29/h2-6,10,12-14,23-24H,7-9,19H2,1H3,(H,20,26)(H,21,25)(H,22,27)(H,28,29)/t10-,12-,13+,14+/m0/s1. The first-order chi connectivity index (χ1) is 13.7. The van der Waals surface area contributed by atoms with Crippen molar-refractivity contribution in [3.05, 3.63) is 35.9 Å². The minimum absolute atomic E-state index is 0.0486. The first kappa shape index (κ1) is 24.0. The zero-order valence-corrected chi connectivity index (χ0v) is 15.9. The summed E-state index contributed by atoms with van der Waals surface area (Å²) in [6, 6.07) is 3.72. The van der Waals surface area contributed by atoms with E-state index in [4.69, 9.17) is 21.1 Å². The average molecular weight is 410 g/mol. The molecular weight excluding hydrogens is 384 g/mol. The predicted molar refractivity (Wildman–Crippen MR) is 101 cm³/mol. The Bertz CT molecular complexity index is 713. The van der Waals surface area contributed by atoms with Gasteiger partial charge in [-0.25, -0.2) is 4.79 Å². The van der Waals surface area contributed by atoms with E-state index in [1.807, 2.05) is 0 Å². The number of aliphatic hydroxyl groups is 2. The molecule has 4 atom stereocenters. The quantitative estimate of drug-likeness (QED) is 0.202. The second kappa shape index (κ2) is 11.7. The Kier molecular flexibility index (Phi) is 9.72. The number of rotatable bonds is 11. The highest BCUT2D eigenvalue weighted by Gasteiger charge is 2.28. The predicted octanol–water partition coefficient (Wildman–Crippen LogP) is -2.90. The van der Waals surface area contributed by atoms with Crippen molar-refractivity contribution in [1.29, 1.82) is 0 Å². The third-order valence-corrected chi connectivity index (χ3v) is 4.00. The van der Waals surface area contributed by atoms with Crippen LogP contribution in [0.3, 0.4) is 0 Å². The second-order valence-electron chi connectivity index (χ2n) is 6.35. The molecule has 0 aromatic heterocycles. The van der Waals surface area contributed by atoms with E-state index in [2.05, 4.69) is 16.0 Å². The molecule has 0 saturated carbocycles. The van der Waals surface area contributed by atoms with E-state index in [0.29, 0.717) is 5.56 Å². The van der Waals surface area contributed by atoms with E-state index in [1.165, 1.54) is 6.92 Å². The first-order valence-corrected chi connectivity index (χ1v) is 8.84. The Morgan fingerprint density at radius 3 is 2.00 bits per heavy atom. The Balaban J connectivity index is 2.89. The molecule has 1 rings (SSSR count).